The SMILES string of the molecule is Cc1[nH]nc(N)c1C(=O)NCC1(N(C)C)CCC1. The van der Waals surface area contributed by atoms with Crippen molar-refractivity contribution < 1.29 is 4.79 Å². The number of H-pyrrole nitrogens is 1. The molecule has 0 radical (unpaired) electrons. The number of rotatable bonds is 4. The highest BCUT2D eigenvalue weighted by Crippen LogP contribution is 2.35. The summed E-state index contributed by atoms with van der Waals surface area (Å²) in [4.78, 5) is 14.3. The lowest BCUT2D eigenvalue weighted by Gasteiger charge is -2.47. The normalized spacial score (nSPS) is 17.6. The third-order valence-corrected chi connectivity index (χ3v) is 4.01. The van der Waals surface area contributed by atoms with Crippen molar-refractivity contribution in [2.24, 2.45) is 0 Å². The van der Waals surface area contributed by atoms with Crippen LogP contribution >= 0.6 is 0 Å². The van der Waals surface area contributed by atoms with Gasteiger partial charge < -0.3 is 16.0 Å². The maximum absolute atomic E-state index is 12.1. The standard InChI is InChI=1S/C12H21N5O/c1-8-9(10(13)16-15-8)11(18)14-7-12(17(2)3)5-4-6-12/h4-7H2,1-3H3,(H,14,18)(H3,13,15,16). The van der Waals surface area contributed by atoms with Gasteiger partial charge in [-0.05, 0) is 40.3 Å². The van der Waals surface area contributed by atoms with Crippen LogP contribution < -0.4 is 11.1 Å². The molecule has 6 nitrogen and oxygen atoms in total. The van der Waals surface area contributed by atoms with Gasteiger partial charge in [0.1, 0.15) is 5.56 Å². The van der Waals surface area contributed by atoms with Gasteiger partial charge in [0.25, 0.3) is 5.91 Å². The van der Waals surface area contributed by atoms with Gasteiger partial charge in [0.2, 0.25) is 0 Å². The van der Waals surface area contributed by atoms with Crippen LogP contribution in [0.1, 0.15) is 35.3 Å². The van der Waals surface area contributed by atoms with Crippen LogP contribution in [0.4, 0.5) is 5.82 Å². The number of nitrogens with zero attached hydrogens (tertiary/aromatic N) is 2. The number of anilines is 1. The smallest absolute Gasteiger partial charge is 0.256 e. The second-order valence-corrected chi connectivity index (χ2v) is 5.26. The van der Waals surface area contributed by atoms with E-state index in [0.717, 1.165) is 12.8 Å². The molecule has 0 bridgehead atoms. The number of nitrogens with two attached hydrogens (primary N) is 1. The molecule has 1 aliphatic rings. The summed E-state index contributed by atoms with van der Waals surface area (Å²) in [6.45, 7) is 2.45. The number of nitrogens with one attached hydrogen (secondary N) is 2. The minimum atomic E-state index is -0.146. The van der Waals surface area contributed by atoms with Crippen molar-refractivity contribution >= 4 is 11.7 Å². The van der Waals surface area contributed by atoms with Gasteiger partial charge in [-0.3, -0.25) is 9.89 Å². The Morgan fingerprint density at radius 3 is 2.61 bits per heavy atom. The Bertz CT molecular complexity index is 428. The Hall–Kier alpha value is -1.56. The number of carbonyl (C=O) groups is 1. The van der Waals surface area contributed by atoms with Crippen LogP contribution in [0.25, 0.3) is 0 Å². The molecule has 1 aromatic heterocycles. The van der Waals surface area contributed by atoms with E-state index in [1.54, 1.807) is 6.92 Å². The van der Waals surface area contributed by atoms with E-state index in [1.165, 1.54) is 6.42 Å². The van der Waals surface area contributed by atoms with Gasteiger partial charge in [0.05, 0.1) is 0 Å². The number of aromatic amines is 1. The first kappa shape index (κ1) is 12.9. The molecule has 1 aliphatic carbocycles. The number of aryl methyl sites for hydroxylation is 1. The van der Waals surface area contributed by atoms with E-state index >= 15 is 0 Å². The lowest BCUT2D eigenvalue weighted by molar-refractivity contribution is 0.0557. The zero-order chi connectivity index (χ0) is 13.3. The van der Waals surface area contributed by atoms with Gasteiger partial charge in [-0.2, -0.15) is 5.10 Å². The molecule has 0 aliphatic heterocycles. The monoisotopic (exact) mass is 251 g/mol. The van der Waals surface area contributed by atoms with Crippen molar-refractivity contribution in [2.75, 3.05) is 26.4 Å². The molecule has 1 saturated carbocycles. The molecule has 4 N–H and O–H groups in total. The van der Waals surface area contributed by atoms with Crippen molar-refractivity contribution in [1.82, 2.24) is 20.4 Å². The maximum Gasteiger partial charge on any atom is 0.256 e. The molecule has 0 aromatic carbocycles. The summed E-state index contributed by atoms with van der Waals surface area (Å²) in [5, 5.41) is 9.52. The van der Waals surface area contributed by atoms with Crippen molar-refractivity contribution in [1.29, 1.82) is 0 Å². The van der Waals surface area contributed by atoms with E-state index in [1.807, 2.05) is 0 Å². The average molecular weight is 251 g/mol. The molecule has 0 spiro atoms. The predicted molar refractivity (Wildman–Crippen MR) is 70.3 cm³/mol. The zero-order valence-corrected chi connectivity index (χ0v) is 11.2. The van der Waals surface area contributed by atoms with E-state index in [0.29, 0.717) is 17.8 Å². The van der Waals surface area contributed by atoms with Crippen LogP contribution in [0.3, 0.4) is 0 Å². The van der Waals surface area contributed by atoms with Gasteiger partial charge >= 0.3 is 0 Å². The number of carbonyl (C=O) groups excluding carboxylic acids is 1. The van der Waals surface area contributed by atoms with Crippen molar-refractivity contribution in [3.05, 3.63) is 11.3 Å². The third kappa shape index (κ3) is 2.08. The summed E-state index contributed by atoms with van der Waals surface area (Å²) in [7, 11) is 4.12. The summed E-state index contributed by atoms with van der Waals surface area (Å²) in [6, 6.07) is 0. The molecule has 1 aromatic rings. The van der Waals surface area contributed by atoms with E-state index < -0.39 is 0 Å². The zero-order valence-electron chi connectivity index (χ0n) is 11.2. The van der Waals surface area contributed by atoms with Crippen molar-refractivity contribution in [3.8, 4) is 0 Å². The first-order valence-corrected chi connectivity index (χ1v) is 6.22. The number of nitrogen functional groups attached to an aromatic ring is 1. The minimum absolute atomic E-state index is 0.113. The van der Waals surface area contributed by atoms with Gasteiger partial charge in [0, 0.05) is 17.8 Å². The number of hydrogen-bond acceptors (Lipinski definition) is 4. The molecule has 18 heavy (non-hydrogen) atoms. The van der Waals surface area contributed by atoms with Crippen molar-refractivity contribution in [2.45, 2.75) is 31.7 Å². The van der Waals surface area contributed by atoms with Crippen LogP contribution in [0.15, 0.2) is 0 Å². The quantitative estimate of drug-likeness (QED) is 0.728. The fourth-order valence-electron chi connectivity index (χ4n) is 2.43. The Balaban J connectivity index is 2.01. The largest absolute Gasteiger partial charge is 0.382 e. The summed E-state index contributed by atoms with van der Waals surface area (Å²) < 4.78 is 0. The Morgan fingerprint density at radius 2 is 2.22 bits per heavy atom. The number of hydrogen-bond donors (Lipinski definition) is 3. The van der Waals surface area contributed by atoms with Crippen LogP contribution in [0, 0.1) is 6.92 Å². The second kappa shape index (κ2) is 4.61. The average Bonchev–Trinajstić information content (AvgIpc) is 2.56. The summed E-state index contributed by atoms with van der Waals surface area (Å²) >= 11 is 0. The second-order valence-electron chi connectivity index (χ2n) is 5.26. The molecule has 6 heteroatoms. The molecular formula is C12H21N5O. The van der Waals surface area contributed by atoms with Gasteiger partial charge in [0.15, 0.2) is 5.82 Å². The molecule has 1 fully saturated rings. The molecule has 0 atom stereocenters. The molecule has 1 amide bonds. The first-order chi connectivity index (χ1) is 8.46. The lowest BCUT2D eigenvalue weighted by atomic mass is 9.75. The molecule has 1 heterocycles. The number of amides is 1. The molecular weight excluding hydrogens is 230 g/mol. The molecule has 0 unspecified atom stereocenters. The minimum Gasteiger partial charge on any atom is -0.382 e. The molecule has 0 saturated heterocycles. The summed E-state index contributed by atoms with van der Waals surface area (Å²) in [5.74, 6) is 0.115. The summed E-state index contributed by atoms with van der Waals surface area (Å²) in [5.41, 5.74) is 6.95. The number of likely N-dealkylation sites (N-methyl/N-ethyl adjacent to an activating group) is 1. The van der Waals surface area contributed by atoms with Gasteiger partial charge in [-0.15, -0.1) is 0 Å². The van der Waals surface area contributed by atoms with Crippen LogP contribution in [0.5, 0.6) is 0 Å². The summed E-state index contributed by atoms with van der Waals surface area (Å²) in [6.07, 6.45) is 3.47. The van der Waals surface area contributed by atoms with Crippen LogP contribution in [-0.4, -0.2) is 47.2 Å². The van der Waals surface area contributed by atoms with Gasteiger partial charge in [-0.25, -0.2) is 0 Å². The topological polar surface area (TPSA) is 87.0 Å². The van der Waals surface area contributed by atoms with Crippen LogP contribution in [-0.2, 0) is 0 Å². The third-order valence-electron chi connectivity index (χ3n) is 4.01. The van der Waals surface area contributed by atoms with E-state index in [2.05, 4.69) is 34.5 Å². The van der Waals surface area contributed by atoms with E-state index in [-0.39, 0.29) is 17.3 Å². The maximum atomic E-state index is 12.1. The predicted octanol–water partition coefficient (Wildman–Crippen LogP) is 0.514. The van der Waals surface area contributed by atoms with Crippen molar-refractivity contribution in [3.63, 3.8) is 0 Å². The van der Waals surface area contributed by atoms with Crippen LogP contribution in [0.2, 0.25) is 0 Å². The fraction of sp³-hybridized carbons (Fsp3) is 0.667. The lowest BCUT2D eigenvalue weighted by Crippen LogP contribution is -2.57. The highest BCUT2D eigenvalue weighted by Gasteiger charge is 2.39. The Kier molecular flexibility index (Phi) is 3.30. The van der Waals surface area contributed by atoms with Gasteiger partial charge in [-0.1, -0.05) is 0 Å². The highest BCUT2D eigenvalue weighted by atomic mass is 16.1. The Morgan fingerprint density at radius 1 is 1.56 bits per heavy atom. The highest BCUT2D eigenvalue weighted by molar-refractivity contribution is 5.99. The van der Waals surface area contributed by atoms with E-state index in [4.69, 9.17) is 5.73 Å². The fourth-order valence-corrected chi connectivity index (χ4v) is 2.43. The Labute approximate surface area is 107 Å². The van der Waals surface area contributed by atoms with E-state index in [9.17, 15) is 4.79 Å². The number of aromatic nitrogens is 2. The molecule has 100 valence electrons. The first-order valence-electron chi connectivity index (χ1n) is 6.22. The molecule has 2 rings (SSSR count).